The van der Waals surface area contributed by atoms with Crippen LogP contribution < -0.4 is 10.6 Å². The third kappa shape index (κ3) is 2.84. The lowest BCUT2D eigenvalue weighted by Crippen LogP contribution is -2.33. The molecule has 0 fully saturated rings. The normalized spacial score (nSPS) is 13.5. The molecule has 2 N–H and O–H groups in total. The lowest BCUT2D eigenvalue weighted by molar-refractivity contribution is 1.02. The van der Waals surface area contributed by atoms with Gasteiger partial charge in [0.15, 0.2) is 0 Å². The Hall–Kier alpha value is -2.23. The van der Waals surface area contributed by atoms with E-state index in [0.717, 1.165) is 24.2 Å². The third-order valence-corrected chi connectivity index (χ3v) is 5.47. The maximum atomic E-state index is 6.25. The number of aryl methyl sites for hydroxylation is 2. The Morgan fingerprint density at radius 1 is 1.04 bits per heavy atom. The van der Waals surface area contributed by atoms with Crippen LogP contribution in [0.25, 0.3) is 10.8 Å². The minimum Gasteiger partial charge on any atom is -0.369 e. The van der Waals surface area contributed by atoms with E-state index in [9.17, 15) is 0 Å². The van der Waals surface area contributed by atoms with Crippen LogP contribution in [-0.2, 0) is 12.8 Å². The lowest BCUT2D eigenvalue weighted by atomic mass is 10.0. The minimum atomic E-state index is 0.415. The van der Waals surface area contributed by atoms with E-state index in [4.69, 9.17) is 28.9 Å². The van der Waals surface area contributed by atoms with Crippen molar-refractivity contribution in [2.75, 3.05) is 11.9 Å². The molecule has 3 aromatic carbocycles. The number of aliphatic imine (C=N–C) groups is 1. The smallest absolute Gasteiger partial charge is 0.200 e. The predicted octanol–water partition coefficient (Wildman–Crippen LogP) is 5.33. The number of rotatable bonds is 2. The van der Waals surface area contributed by atoms with Crippen molar-refractivity contribution in [1.29, 1.82) is 0 Å². The molecule has 0 heterocycles. The van der Waals surface area contributed by atoms with E-state index in [0.29, 0.717) is 16.0 Å². The standard InChI is InChI=1S/C20H17Cl2N3/c1-25(14-7-9-16(21)17(22)11-14)20(23)24-18-10-6-13-4-2-3-12-5-8-15(18)19(12)13/h2-4,6-7,9-11H,5,8H2,1H3,(H2,23,24). The first-order chi connectivity index (χ1) is 12.0. The lowest BCUT2D eigenvalue weighted by Gasteiger charge is -2.19. The molecule has 5 heteroatoms. The van der Waals surface area contributed by atoms with Crippen LogP contribution in [0.1, 0.15) is 11.1 Å². The van der Waals surface area contributed by atoms with Gasteiger partial charge in [0.2, 0.25) is 5.96 Å². The molecule has 0 amide bonds. The molecule has 1 aliphatic rings. The highest BCUT2D eigenvalue weighted by Gasteiger charge is 2.18. The third-order valence-electron chi connectivity index (χ3n) is 4.73. The van der Waals surface area contributed by atoms with E-state index in [1.54, 1.807) is 17.0 Å². The van der Waals surface area contributed by atoms with Crippen molar-refractivity contribution >= 4 is 51.3 Å². The molecule has 0 unspecified atom stereocenters. The largest absolute Gasteiger partial charge is 0.369 e. The minimum absolute atomic E-state index is 0.415. The summed E-state index contributed by atoms with van der Waals surface area (Å²) >= 11 is 12.1. The summed E-state index contributed by atoms with van der Waals surface area (Å²) in [6, 6.07) is 16.0. The molecule has 0 aliphatic heterocycles. The van der Waals surface area contributed by atoms with Crippen molar-refractivity contribution in [3.05, 3.63) is 69.7 Å². The molecule has 3 nitrogen and oxygen atoms in total. The van der Waals surface area contributed by atoms with Gasteiger partial charge in [-0.25, -0.2) is 4.99 Å². The summed E-state index contributed by atoms with van der Waals surface area (Å²) in [5.74, 6) is 0.415. The maximum Gasteiger partial charge on any atom is 0.200 e. The summed E-state index contributed by atoms with van der Waals surface area (Å²) in [6.45, 7) is 0. The van der Waals surface area contributed by atoms with E-state index in [1.165, 1.54) is 21.9 Å². The van der Waals surface area contributed by atoms with Crippen LogP contribution in [0.2, 0.25) is 10.0 Å². The number of anilines is 1. The second-order valence-corrected chi connectivity index (χ2v) is 7.02. The SMILES string of the molecule is CN(C(N)=Nc1ccc2cccc3c2c1CC3)c1ccc(Cl)c(Cl)c1. The van der Waals surface area contributed by atoms with Gasteiger partial charge in [0.05, 0.1) is 15.7 Å². The molecule has 0 bridgehead atoms. The molecular formula is C20H17Cl2N3. The van der Waals surface area contributed by atoms with Crippen molar-refractivity contribution in [3.63, 3.8) is 0 Å². The van der Waals surface area contributed by atoms with Gasteiger partial charge in [0.1, 0.15) is 0 Å². The topological polar surface area (TPSA) is 41.6 Å². The number of nitrogens with zero attached hydrogens (tertiary/aromatic N) is 2. The highest BCUT2D eigenvalue weighted by molar-refractivity contribution is 6.42. The fourth-order valence-electron chi connectivity index (χ4n) is 3.37. The van der Waals surface area contributed by atoms with Crippen LogP contribution in [0.3, 0.4) is 0 Å². The van der Waals surface area contributed by atoms with Crippen LogP contribution in [0.5, 0.6) is 0 Å². The van der Waals surface area contributed by atoms with Crippen molar-refractivity contribution in [3.8, 4) is 0 Å². The zero-order valence-corrected chi connectivity index (χ0v) is 15.3. The predicted molar refractivity (Wildman–Crippen MR) is 108 cm³/mol. The van der Waals surface area contributed by atoms with E-state index in [1.807, 2.05) is 19.2 Å². The summed E-state index contributed by atoms with van der Waals surface area (Å²) in [5.41, 5.74) is 10.7. The average Bonchev–Trinajstić information content (AvgIpc) is 3.05. The van der Waals surface area contributed by atoms with Crippen molar-refractivity contribution in [2.45, 2.75) is 12.8 Å². The molecular weight excluding hydrogens is 353 g/mol. The fourth-order valence-corrected chi connectivity index (χ4v) is 3.67. The number of nitrogens with two attached hydrogens (primary N) is 1. The number of hydrogen-bond acceptors (Lipinski definition) is 1. The Morgan fingerprint density at radius 3 is 2.68 bits per heavy atom. The van der Waals surface area contributed by atoms with Crippen LogP contribution in [0.15, 0.2) is 53.5 Å². The van der Waals surface area contributed by atoms with Gasteiger partial charge in [0.25, 0.3) is 0 Å². The first-order valence-corrected chi connectivity index (χ1v) is 8.86. The molecule has 25 heavy (non-hydrogen) atoms. The molecule has 0 saturated carbocycles. The van der Waals surface area contributed by atoms with Gasteiger partial charge in [0, 0.05) is 12.7 Å². The molecule has 0 spiro atoms. The summed E-state index contributed by atoms with van der Waals surface area (Å²) in [7, 11) is 1.87. The number of benzene rings is 3. The van der Waals surface area contributed by atoms with E-state index in [2.05, 4.69) is 29.3 Å². The van der Waals surface area contributed by atoms with Gasteiger partial charge in [-0.15, -0.1) is 0 Å². The highest BCUT2D eigenvalue weighted by atomic mass is 35.5. The molecule has 0 radical (unpaired) electrons. The van der Waals surface area contributed by atoms with Gasteiger partial charge in [-0.2, -0.15) is 0 Å². The summed E-state index contributed by atoms with van der Waals surface area (Å²) in [4.78, 5) is 6.49. The maximum absolute atomic E-state index is 6.25. The van der Waals surface area contributed by atoms with Crippen molar-refractivity contribution in [2.24, 2.45) is 10.7 Å². The Bertz CT molecular complexity index is 1010. The van der Waals surface area contributed by atoms with Crippen LogP contribution >= 0.6 is 23.2 Å². The summed E-state index contributed by atoms with van der Waals surface area (Å²) < 4.78 is 0. The van der Waals surface area contributed by atoms with Gasteiger partial charge < -0.3 is 10.6 Å². The zero-order valence-electron chi connectivity index (χ0n) is 13.8. The first kappa shape index (κ1) is 16.2. The number of hydrogen-bond donors (Lipinski definition) is 1. The molecule has 126 valence electrons. The first-order valence-electron chi connectivity index (χ1n) is 8.11. The molecule has 0 atom stereocenters. The second kappa shape index (κ2) is 6.25. The Labute approximate surface area is 156 Å². The fraction of sp³-hybridized carbons (Fsp3) is 0.150. The molecule has 0 aromatic heterocycles. The van der Waals surface area contributed by atoms with Crippen LogP contribution in [0, 0.1) is 0 Å². The number of halogens is 2. The molecule has 4 rings (SSSR count). The monoisotopic (exact) mass is 369 g/mol. The van der Waals surface area contributed by atoms with Crippen LogP contribution in [-0.4, -0.2) is 13.0 Å². The molecule has 3 aromatic rings. The highest BCUT2D eigenvalue weighted by Crippen LogP contribution is 2.37. The molecule has 0 saturated heterocycles. The van der Waals surface area contributed by atoms with Crippen molar-refractivity contribution in [1.82, 2.24) is 0 Å². The van der Waals surface area contributed by atoms with Gasteiger partial charge in [-0.1, -0.05) is 47.5 Å². The zero-order chi connectivity index (χ0) is 17.6. The van der Waals surface area contributed by atoms with E-state index >= 15 is 0 Å². The quantitative estimate of drug-likeness (QED) is 0.490. The van der Waals surface area contributed by atoms with E-state index < -0.39 is 0 Å². The summed E-state index contributed by atoms with van der Waals surface area (Å²) in [6.07, 6.45) is 2.06. The van der Waals surface area contributed by atoms with Crippen LogP contribution in [0.4, 0.5) is 11.4 Å². The average molecular weight is 370 g/mol. The van der Waals surface area contributed by atoms with Crippen molar-refractivity contribution < 1.29 is 0 Å². The Morgan fingerprint density at radius 2 is 1.88 bits per heavy atom. The Kier molecular flexibility index (Phi) is 4.06. The number of guanidine groups is 1. The summed E-state index contributed by atoms with van der Waals surface area (Å²) in [5, 5.41) is 3.60. The second-order valence-electron chi connectivity index (χ2n) is 6.21. The molecule has 1 aliphatic carbocycles. The van der Waals surface area contributed by atoms with Gasteiger partial charge >= 0.3 is 0 Å². The van der Waals surface area contributed by atoms with E-state index in [-0.39, 0.29) is 0 Å². The Balaban J connectivity index is 1.73. The van der Waals surface area contributed by atoms with Gasteiger partial charge in [-0.3, -0.25) is 0 Å². The van der Waals surface area contributed by atoms with Gasteiger partial charge in [-0.05, 0) is 59.0 Å².